The zero-order valence-electron chi connectivity index (χ0n) is 7.72. The first-order valence-electron chi connectivity index (χ1n) is 4.47. The highest BCUT2D eigenvalue weighted by molar-refractivity contribution is 5.78. The summed E-state index contributed by atoms with van der Waals surface area (Å²) in [6.45, 7) is 5.31. The highest BCUT2D eigenvalue weighted by Gasteiger charge is 2.09. The number of benzene rings is 2. The zero-order chi connectivity index (χ0) is 9.80. The molecule has 0 aliphatic heterocycles. The summed E-state index contributed by atoms with van der Waals surface area (Å²) in [4.78, 5) is 3.75. The Morgan fingerprint density at radius 3 is 2.14 bits per heavy atom. The van der Waals surface area contributed by atoms with E-state index >= 15 is 0 Å². The minimum Gasteiger partial charge on any atom is -0.0622 e. The Balaban J connectivity index is 2.58. The summed E-state index contributed by atoms with van der Waals surface area (Å²) in [7, 11) is 0. The minimum absolute atomic E-state index is 0.818. The summed E-state index contributed by atoms with van der Waals surface area (Å²) in [6.07, 6.45) is 0. The molecule has 0 saturated carbocycles. The molecule has 66 valence electrons. The van der Waals surface area contributed by atoms with Gasteiger partial charge in [0.15, 0.2) is 0 Å². The second-order valence-electron chi connectivity index (χ2n) is 3.01. The van der Waals surface area contributed by atoms with Gasteiger partial charge in [0.2, 0.25) is 0 Å². The predicted octanol–water partition coefficient (Wildman–Crippen LogP) is 3.95. The third-order valence-electron chi connectivity index (χ3n) is 2.13. The Morgan fingerprint density at radius 2 is 1.43 bits per heavy atom. The summed E-state index contributed by atoms with van der Waals surface area (Å²) < 4.78 is 0. The standard InChI is InChI=1S/C13H10N/c1-14-13-10-6-5-9-12(13)11-7-3-2-4-8-11/h1-10H/q+1. The predicted molar refractivity (Wildman–Crippen MR) is 59.8 cm³/mol. The highest BCUT2D eigenvalue weighted by atomic mass is 14.6. The van der Waals surface area contributed by atoms with Crippen molar-refractivity contribution < 1.29 is 0 Å². The maximum absolute atomic E-state index is 5.31. The summed E-state index contributed by atoms with van der Waals surface area (Å²) in [6, 6.07) is 17.9. The minimum atomic E-state index is 0.818. The van der Waals surface area contributed by atoms with Crippen molar-refractivity contribution in [1.29, 1.82) is 0 Å². The topological polar surface area (TPSA) is 4.36 Å². The highest BCUT2D eigenvalue weighted by Crippen LogP contribution is 2.29. The summed E-state index contributed by atoms with van der Waals surface area (Å²) in [5.41, 5.74) is 3.02. The van der Waals surface area contributed by atoms with E-state index in [0.717, 1.165) is 16.8 Å². The summed E-state index contributed by atoms with van der Waals surface area (Å²) in [5, 5.41) is 0. The van der Waals surface area contributed by atoms with E-state index in [1.807, 2.05) is 54.6 Å². The maximum atomic E-state index is 5.31. The van der Waals surface area contributed by atoms with Crippen molar-refractivity contribution in [3.63, 3.8) is 0 Å². The Morgan fingerprint density at radius 1 is 0.786 bits per heavy atom. The van der Waals surface area contributed by atoms with Crippen LogP contribution in [0.5, 0.6) is 0 Å². The molecule has 1 heteroatoms. The average Bonchev–Trinajstić information content (AvgIpc) is 2.30. The average molecular weight is 180 g/mol. The van der Waals surface area contributed by atoms with Gasteiger partial charge in [-0.05, 0) is 16.5 Å². The van der Waals surface area contributed by atoms with Gasteiger partial charge >= 0.3 is 5.69 Å². The van der Waals surface area contributed by atoms with Crippen LogP contribution in [0.15, 0.2) is 54.6 Å². The molecule has 14 heavy (non-hydrogen) atoms. The molecule has 0 spiro atoms. The van der Waals surface area contributed by atoms with E-state index in [-0.39, 0.29) is 0 Å². The van der Waals surface area contributed by atoms with Gasteiger partial charge < -0.3 is 0 Å². The van der Waals surface area contributed by atoms with E-state index in [9.17, 15) is 0 Å². The summed E-state index contributed by atoms with van der Waals surface area (Å²) in [5.74, 6) is 0. The second kappa shape index (κ2) is 3.76. The van der Waals surface area contributed by atoms with Crippen molar-refractivity contribution >= 4 is 5.69 Å². The van der Waals surface area contributed by atoms with Crippen molar-refractivity contribution in [3.05, 3.63) is 59.4 Å². The van der Waals surface area contributed by atoms with E-state index in [1.165, 1.54) is 0 Å². The molecular formula is C13H10N+. The lowest BCUT2D eigenvalue weighted by molar-refractivity contribution is 1.63. The molecule has 0 N–H and O–H groups in total. The van der Waals surface area contributed by atoms with Crippen molar-refractivity contribution in [1.82, 2.24) is 0 Å². The molecule has 0 saturated heterocycles. The molecule has 0 atom stereocenters. The van der Waals surface area contributed by atoms with Crippen LogP contribution in [-0.2, 0) is 0 Å². The molecule has 0 radical (unpaired) electrons. The first-order chi connectivity index (χ1) is 6.92. The van der Waals surface area contributed by atoms with E-state index in [0.29, 0.717) is 0 Å². The SMILES string of the molecule is C#[N+]c1ccccc1-c1ccccc1. The van der Waals surface area contributed by atoms with Crippen molar-refractivity contribution in [2.45, 2.75) is 0 Å². The van der Waals surface area contributed by atoms with Crippen LogP contribution >= 0.6 is 0 Å². The number of para-hydroxylation sites is 1. The monoisotopic (exact) mass is 180 g/mol. The van der Waals surface area contributed by atoms with Crippen LogP contribution in [0, 0.1) is 6.57 Å². The molecule has 2 aromatic rings. The van der Waals surface area contributed by atoms with E-state index in [4.69, 9.17) is 6.57 Å². The van der Waals surface area contributed by atoms with Crippen LogP contribution in [0.1, 0.15) is 0 Å². The molecule has 2 aromatic carbocycles. The van der Waals surface area contributed by atoms with E-state index in [2.05, 4.69) is 4.85 Å². The lowest BCUT2D eigenvalue weighted by Crippen LogP contribution is -1.75. The number of nitrogens with zero attached hydrogens (tertiary/aromatic N) is 1. The fourth-order valence-electron chi connectivity index (χ4n) is 1.45. The molecule has 0 aromatic heterocycles. The molecule has 0 aliphatic rings. The van der Waals surface area contributed by atoms with Crippen LogP contribution in [0.2, 0.25) is 0 Å². The van der Waals surface area contributed by atoms with Gasteiger partial charge in [0.05, 0.1) is 5.56 Å². The quantitative estimate of drug-likeness (QED) is 0.626. The van der Waals surface area contributed by atoms with Crippen LogP contribution in [0.3, 0.4) is 0 Å². The lowest BCUT2D eigenvalue weighted by Gasteiger charge is -1.97. The third kappa shape index (κ3) is 1.51. The fourth-order valence-corrected chi connectivity index (χ4v) is 1.45. The molecule has 1 nitrogen and oxygen atoms in total. The first kappa shape index (κ1) is 8.52. The molecule has 0 aliphatic carbocycles. The van der Waals surface area contributed by atoms with Gasteiger partial charge in [-0.2, -0.15) is 0 Å². The van der Waals surface area contributed by atoms with Crippen molar-refractivity contribution in [2.24, 2.45) is 0 Å². The fraction of sp³-hybridized carbons (Fsp3) is 0. The Hall–Kier alpha value is -2.07. The van der Waals surface area contributed by atoms with Gasteiger partial charge in [0.1, 0.15) is 0 Å². The largest absolute Gasteiger partial charge is 0.347 e. The Kier molecular flexibility index (Phi) is 2.29. The lowest BCUT2D eigenvalue weighted by atomic mass is 10.0. The van der Waals surface area contributed by atoms with Crippen LogP contribution in [0.4, 0.5) is 5.69 Å². The van der Waals surface area contributed by atoms with Gasteiger partial charge in [-0.1, -0.05) is 42.5 Å². The van der Waals surface area contributed by atoms with Crippen LogP contribution in [0.25, 0.3) is 16.0 Å². The van der Waals surface area contributed by atoms with Crippen molar-refractivity contribution in [3.8, 4) is 17.7 Å². The smallest absolute Gasteiger partial charge is 0.0622 e. The Bertz CT molecular complexity index is 466. The number of rotatable bonds is 1. The third-order valence-corrected chi connectivity index (χ3v) is 2.13. The molecule has 2 rings (SSSR count). The van der Waals surface area contributed by atoms with Crippen LogP contribution < -0.4 is 0 Å². The van der Waals surface area contributed by atoms with E-state index in [1.54, 1.807) is 0 Å². The second-order valence-corrected chi connectivity index (χ2v) is 3.01. The van der Waals surface area contributed by atoms with Gasteiger partial charge in [-0.3, -0.25) is 0 Å². The maximum Gasteiger partial charge on any atom is 0.347 e. The Labute approximate surface area is 83.5 Å². The van der Waals surface area contributed by atoms with Gasteiger partial charge in [-0.25, -0.2) is 0 Å². The van der Waals surface area contributed by atoms with Crippen LogP contribution in [-0.4, -0.2) is 0 Å². The van der Waals surface area contributed by atoms with E-state index < -0.39 is 0 Å². The summed E-state index contributed by atoms with van der Waals surface area (Å²) >= 11 is 0. The molecule has 0 heterocycles. The zero-order valence-corrected chi connectivity index (χ0v) is 7.72. The molecular weight excluding hydrogens is 170 g/mol. The molecule has 0 bridgehead atoms. The van der Waals surface area contributed by atoms with Crippen molar-refractivity contribution in [2.75, 3.05) is 0 Å². The molecule has 0 amide bonds. The van der Waals surface area contributed by atoms with Gasteiger partial charge in [0.25, 0.3) is 6.57 Å². The number of hydrogen-bond donors (Lipinski definition) is 0. The number of hydrogen-bond acceptors (Lipinski definition) is 0. The molecule has 0 fully saturated rings. The molecule has 0 unspecified atom stereocenters. The first-order valence-corrected chi connectivity index (χ1v) is 4.47. The van der Waals surface area contributed by atoms with Gasteiger partial charge in [-0.15, -0.1) is 0 Å². The van der Waals surface area contributed by atoms with Gasteiger partial charge in [0, 0.05) is 6.07 Å². The normalized spacial score (nSPS) is 9.36.